The molecule has 1 aliphatic rings. The van der Waals surface area contributed by atoms with E-state index in [-0.39, 0.29) is 17.6 Å². The van der Waals surface area contributed by atoms with Crippen LogP contribution in [-0.2, 0) is 9.53 Å². The highest BCUT2D eigenvalue weighted by atomic mass is 16.5. The lowest BCUT2D eigenvalue weighted by Crippen LogP contribution is -2.47. The number of nitrogens with one attached hydrogen (secondary N) is 1. The van der Waals surface area contributed by atoms with Gasteiger partial charge in [0, 0.05) is 18.4 Å². The molecular weight excluding hydrogens is 282 g/mol. The molecule has 0 unspecified atom stereocenters. The molecule has 1 saturated carbocycles. The van der Waals surface area contributed by atoms with E-state index in [0.717, 1.165) is 12.8 Å². The van der Waals surface area contributed by atoms with Crippen molar-refractivity contribution in [2.45, 2.75) is 52.2 Å². The molecule has 22 heavy (non-hydrogen) atoms. The predicted molar refractivity (Wildman–Crippen MR) is 81.0 cm³/mol. The van der Waals surface area contributed by atoms with Crippen molar-refractivity contribution in [1.82, 2.24) is 15.3 Å². The first-order chi connectivity index (χ1) is 10.5. The summed E-state index contributed by atoms with van der Waals surface area (Å²) in [5, 5.41) is 3.00. The molecular formula is C16H23N3O3. The molecule has 1 fully saturated rings. The monoisotopic (exact) mass is 305 g/mol. The minimum absolute atomic E-state index is 0.0989. The summed E-state index contributed by atoms with van der Waals surface area (Å²) in [4.78, 5) is 31.7. The van der Waals surface area contributed by atoms with E-state index in [0.29, 0.717) is 11.8 Å². The van der Waals surface area contributed by atoms with E-state index >= 15 is 0 Å². The minimum Gasteiger partial charge on any atom is -0.448 e. The molecule has 2 rings (SSSR count). The molecule has 0 radical (unpaired) electrons. The Hall–Kier alpha value is -1.98. The fourth-order valence-electron chi connectivity index (χ4n) is 2.76. The maximum Gasteiger partial charge on any atom is 0.359 e. The molecule has 1 aromatic heterocycles. The number of rotatable bonds is 4. The zero-order valence-electron chi connectivity index (χ0n) is 13.3. The first-order valence-corrected chi connectivity index (χ1v) is 7.76. The molecule has 1 N–H and O–H groups in total. The summed E-state index contributed by atoms with van der Waals surface area (Å²) in [6, 6.07) is 0.147. The van der Waals surface area contributed by atoms with Crippen LogP contribution in [0.25, 0.3) is 0 Å². The highest BCUT2D eigenvalue weighted by Crippen LogP contribution is 2.29. The van der Waals surface area contributed by atoms with Crippen LogP contribution < -0.4 is 5.32 Å². The summed E-state index contributed by atoms with van der Waals surface area (Å²) >= 11 is 0. The van der Waals surface area contributed by atoms with E-state index in [1.165, 1.54) is 25.0 Å². The number of hydrogen-bond acceptors (Lipinski definition) is 5. The standard InChI is InChI=1S/C16H23N3O3/c1-10-5-4-6-13(11(10)2)19-15(20)12(3)22-16(21)14-9-17-7-8-18-14/h7-13H,4-6H2,1-3H3,(H,19,20)/t10-,11-,12-,13-/m1/s1. The lowest BCUT2D eigenvalue weighted by molar-refractivity contribution is -0.130. The first kappa shape index (κ1) is 16.4. The Morgan fingerprint density at radius 1 is 1.32 bits per heavy atom. The number of ether oxygens (including phenoxy) is 1. The van der Waals surface area contributed by atoms with Crippen molar-refractivity contribution in [2.24, 2.45) is 11.8 Å². The predicted octanol–water partition coefficient (Wildman–Crippen LogP) is 1.96. The second-order valence-electron chi connectivity index (χ2n) is 6.02. The van der Waals surface area contributed by atoms with Gasteiger partial charge in [-0.15, -0.1) is 0 Å². The lowest BCUT2D eigenvalue weighted by Gasteiger charge is -2.35. The van der Waals surface area contributed by atoms with Gasteiger partial charge in [-0.05, 0) is 25.2 Å². The van der Waals surface area contributed by atoms with E-state index in [9.17, 15) is 9.59 Å². The smallest absolute Gasteiger partial charge is 0.359 e. The van der Waals surface area contributed by atoms with Gasteiger partial charge in [0.15, 0.2) is 11.8 Å². The highest BCUT2D eigenvalue weighted by molar-refractivity contribution is 5.90. The molecule has 0 saturated heterocycles. The van der Waals surface area contributed by atoms with E-state index in [2.05, 4.69) is 29.1 Å². The number of carbonyl (C=O) groups is 2. The zero-order valence-corrected chi connectivity index (χ0v) is 13.3. The van der Waals surface area contributed by atoms with Crippen LogP contribution in [0.15, 0.2) is 18.6 Å². The second-order valence-corrected chi connectivity index (χ2v) is 6.02. The lowest BCUT2D eigenvalue weighted by atomic mass is 9.78. The van der Waals surface area contributed by atoms with Gasteiger partial charge < -0.3 is 10.1 Å². The Balaban J connectivity index is 1.88. The maximum absolute atomic E-state index is 12.2. The number of esters is 1. The van der Waals surface area contributed by atoms with Crippen molar-refractivity contribution in [3.63, 3.8) is 0 Å². The summed E-state index contributed by atoms with van der Waals surface area (Å²) in [7, 11) is 0. The molecule has 1 heterocycles. The maximum atomic E-state index is 12.2. The van der Waals surface area contributed by atoms with Crippen LogP contribution in [0, 0.1) is 11.8 Å². The van der Waals surface area contributed by atoms with Crippen LogP contribution >= 0.6 is 0 Å². The Morgan fingerprint density at radius 2 is 2.09 bits per heavy atom. The molecule has 1 amide bonds. The quantitative estimate of drug-likeness (QED) is 0.860. The Morgan fingerprint density at radius 3 is 2.77 bits per heavy atom. The molecule has 1 aromatic rings. The first-order valence-electron chi connectivity index (χ1n) is 7.76. The number of hydrogen-bond donors (Lipinski definition) is 1. The van der Waals surface area contributed by atoms with Crippen LogP contribution in [0.1, 0.15) is 50.5 Å². The largest absolute Gasteiger partial charge is 0.448 e. The van der Waals surface area contributed by atoms with Crippen LogP contribution in [0.3, 0.4) is 0 Å². The van der Waals surface area contributed by atoms with Gasteiger partial charge in [0.2, 0.25) is 0 Å². The average Bonchev–Trinajstić information content (AvgIpc) is 2.52. The van der Waals surface area contributed by atoms with Crippen molar-refractivity contribution in [3.8, 4) is 0 Å². The highest BCUT2D eigenvalue weighted by Gasteiger charge is 2.30. The van der Waals surface area contributed by atoms with Gasteiger partial charge in [0.05, 0.1) is 6.20 Å². The van der Waals surface area contributed by atoms with Crippen LogP contribution in [0.5, 0.6) is 0 Å². The van der Waals surface area contributed by atoms with Crippen molar-refractivity contribution in [3.05, 3.63) is 24.3 Å². The van der Waals surface area contributed by atoms with E-state index < -0.39 is 12.1 Å². The summed E-state index contributed by atoms with van der Waals surface area (Å²) in [6.45, 7) is 5.94. The molecule has 6 heteroatoms. The topological polar surface area (TPSA) is 81.2 Å². The Bertz CT molecular complexity index is 521. The van der Waals surface area contributed by atoms with E-state index in [1.807, 2.05) is 0 Å². The molecule has 4 atom stereocenters. The molecule has 0 spiro atoms. The molecule has 6 nitrogen and oxygen atoms in total. The van der Waals surface area contributed by atoms with Crippen molar-refractivity contribution in [2.75, 3.05) is 0 Å². The van der Waals surface area contributed by atoms with Crippen LogP contribution in [0.4, 0.5) is 0 Å². The van der Waals surface area contributed by atoms with Gasteiger partial charge in [-0.3, -0.25) is 9.78 Å². The molecule has 1 aliphatic carbocycles. The van der Waals surface area contributed by atoms with Gasteiger partial charge in [-0.1, -0.05) is 26.7 Å². The normalized spacial score (nSPS) is 26.0. The third-order valence-electron chi connectivity index (χ3n) is 4.46. The van der Waals surface area contributed by atoms with Gasteiger partial charge in [-0.25, -0.2) is 9.78 Å². The zero-order chi connectivity index (χ0) is 16.1. The van der Waals surface area contributed by atoms with Gasteiger partial charge in [0.1, 0.15) is 0 Å². The van der Waals surface area contributed by atoms with Crippen LogP contribution in [0.2, 0.25) is 0 Å². The Labute approximate surface area is 130 Å². The fourth-order valence-corrected chi connectivity index (χ4v) is 2.76. The van der Waals surface area contributed by atoms with Crippen molar-refractivity contribution >= 4 is 11.9 Å². The third-order valence-corrected chi connectivity index (χ3v) is 4.46. The minimum atomic E-state index is -0.848. The van der Waals surface area contributed by atoms with Gasteiger partial charge in [0.25, 0.3) is 5.91 Å². The third kappa shape index (κ3) is 4.02. The molecule has 0 aromatic carbocycles. The molecule has 120 valence electrons. The number of carbonyl (C=O) groups excluding carboxylic acids is 2. The van der Waals surface area contributed by atoms with Gasteiger partial charge in [-0.2, -0.15) is 0 Å². The number of aromatic nitrogens is 2. The summed E-state index contributed by atoms with van der Waals surface area (Å²) < 4.78 is 5.15. The fraction of sp³-hybridized carbons (Fsp3) is 0.625. The SMILES string of the molecule is C[C@@H]1[C@H](C)CCC[C@H]1NC(=O)[C@@H](C)OC(=O)c1cnccn1. The summed E-state index contributed by atoms with van der Waals surface area (Å²) in [5.41, 5.74) is 0.0989. The average molecular weight is 305 g/mol. The summed E-state index contributed by atoms with van der Waals surface area (Å²) in [5.74, 6) is 0.126. The number of amides is 1. The summed E-state index contributed by atoms with van der Waals surface area (Å²) in [6.07, 6.45) is 6.64. The van der Waals surface area contributed by atoms with E-state index in [1.54, 1.807) is 6.92 Å². The van der Waals surface area contributed by atoms with E-state index in [4.69, 9.17) is 4.74 Å². The molecule has 0 bridgehead atoms. The molecule has 0 aliphatic heterocycles. The Kier molecular flexibility index (Phi) is 5.46. The van der Waals surface area contributed by atoms with Crippen LogP contribution in [-0.4, -0.2) is 34.0 Å². The number of nitrogens with zero attached hydrogens (tertiary/aromatic N) is 2. The second kappa shape index (κ2) is 7.33. The van der Waals surface area contributed by atoms with Crippen molar-refractivity contribution < 1.29 is 14.3 Å². The van der Waals surface area contributed by atoms with Crippen molar-refractivity contribution in [1.29, 1.82) is 0 Å². The van der Waals surface area contributed by atoms with Gasteiger partial charge >= 0.3 is 5.97 Å².